The van der Waals surface area contributed by atoms with E-state index in [1.54, 1.807) is 12.4 Å². The van der Waals surface area contributed by atoms with Gasteiger partial charge < -0.3 is 10.6 Å². The molecule has 2 heterocycles. The lowest BCUT2D eigenvalue weighted by molar-refractivity contribution is 0.232. The third-order valence-corrected chi connectivity index (χ3v) is 3.47. The van der Waals surface area contributed by atoms with E-state index in [0.717, 1.165) is 45.1 Å². The van der Waals surface area contributed by atoms with Crippen LogP contribution < -0.4 is 10.6 Å². The maximum Gasteiger partial charge on any atom is 0.225 e. The summed E-state index contributed by atoms with van der Waals surface area (Å²) in [7, 11) is 0. The van der Waals surface area contributed by atoms with E-state index in [4.69, 9.17) is 5.73 Å². The molecule has 1 unspecified atom stereocenters. The van der Waals surface area contributed by atoms with Gasteiger partial charge in [-0.25, -0.2) is 9.97 Å². The average molecular weight is 263 g/mol. The second-order valence-corrected chi connectivity index (χ2v) is 5.73. The van der Waals surface area contributed by atoms with Crippen LogP contribution in [-0.2, 0) is 0 Å². The van der Waals surface area contributed by atoms with Crippen molar-refractivity contribution in [3.63, 3.8) is 0 Å². The van der Waals surface area contributed by atoms with E-state index in [-0.39, 0.29) is 0 Å². The summed E-state index contributed by atoms with van der Waals surface area (Å²) in [5, 5.41) is 0. The van der Waals surface area contributed by atoms with Crippen molar-refractivity contribution in [2.75, 3.05) is 37.6 Å². The average Bonchev–Trinajstić information content (AvgIpc) is 2.39. The maximum atomic E-state index is 6.17. The molecule has 19 heavy (non-hydrogen) atoms. The summed E-state index contributed by atoms with van der Waals surface area (Å²) in [6, 6.07) is 2.14. The topological polar surface area (TPSA) is 58.3 Å². The largest absolute Gasteiger partial charge is 0.338 e. The molecule has 2 N–H and O–H groups in total. The smallest absolute Gasteiger partial charge is 0.225 e. The van der Waals surface area contributed by atoms with Gasteiger partial charge in [0.1, 0.15) is 0 Å². The summed E-state index contributed by atoms with van der Waals surface area (Å²) in [5.41, 5.74) is 6.17. The van der Waals surface area contributed by atoms with Gasteiger partial charge in [0.2, 0.25) is 5.95 Å². The molecule has 0 bridgehead atoms. The highest BCUT2D eigenvalue weighted by molar-refractivity contribution is 5.29. The van der Waals surface area contributed by atoms with Crippen molar-refractivity contribution < 1.29 is 0 Å². The molecule has 0 radical (unpaired) electrons. The molecule has 5 nitrogen and oxygen atoms in total. The number of piperazine rings is 1. The lowest BCUT2D eigenvalue weighted by Crippen LogP contribution is -2.50. The Labute approximate surface area is 115 Å². The molecule has 1 saturated heterocycles. The molecule has 0 aliphatic carbocycles. The molecule has 1 fully saturated rings. The van der Waals surface area contributed by atoms with Gasteiger partial charge in [-0.3, -0.25) is 4.90 Å². The molecule has 0 saturated carbocycles. The second kappa shape index (κ2) is 6.82. The van der Waals surface area contributed by atoms with E-state index >= 15 is 0 Å². The van der Waals surface area contributed by atoms with Crippen LogP contribution in [0.1, 0.15) is 20.3 Å². The highest BCUT2D eigenvalue weighted by Gasteiger charge is 2.20. The number of rotatable bonds is 5. The molecule has 0 aromatic carbocycles. The van der Waals surface area contributed by atoms with Crippen LogP contribution in [0.3, 0.4) is 0 Å². The molecule has 1 atom stereocenters. The third-order valence-electron chi connectivity index (χ3n) is 3.47. The first-order chi connectivity index (χ1) is 9.15. The maximum absolute atomic E-state index is 6.17. The Morgan fingerprint density at radius 2 is 1.79 bits per heavy atom. The fourth-order valence-electron chi connectivity index (χ4n) is 2.60. The number of aromatic nitrogens is 2. The molecular weight excluding hydrogens is 238 g/mol. The standard InChI is InChI=1S/C14H25N5/c1-12(2)10-13(15)11-18-6-8-19(9-7-18)14-16-4-3-5-17-14/h3-5,12-13H,6-11,15H2,1-2H3. The van der Waals surface area contributed by atoms with E-state index in [2.05, 4.69) is 33.6 Å². The van der Waals surface area contributed by atoms with Gasteiger partial charge >= 0.3 is 0 Å². The van der Waals surface area contributed by atoms with Crippen LogP contribution in [0.2, 0.25) is 0 Å². The van der Waals surface area contributed by atoms with Crippen LogP contribution in [0.4, 0.5) is 5.95 Å². The summed E-state index contributed by atoms with van der Waals surface area (Å²) in [5.74, 6) is 1.52. The number of anilines is 1. The van der Waals surface area contributed by atoms with Gasteiger partial charge in [0.25, 0.3) is 0 Å². The fraction of sp³-hybridized carbons (Fsp3) is 0.714. The van der Waals surface area contributed by atoms with Crippen molar-refractivity contribution >= 4 is 5.95 Å². The van der Waals surface area contributed by atoms with E-state index in [9.17, 15) is 0 Å². The zero-order valence-corrected chi connectivity index (χ0v) is 12.0. The van der Waals surface area contributed by atoms with Crippen molar-refractivity contribution in [2.45, 2.75) is 26.3 Å². The van der Waals surface area contributed by atoms with E-state index in [0.29, 0.717) is 12.0 Å². The third kappa shape index (κ3) is 4.44. The Kier molecular flexibility index (Phi) is 5.10. The monoisotopic (exact) mass is 263 g/mol. The van der Waals surface area contributed by atoms with Crippen molar-refractivity contribution in [3.05, 3.63) is 18.5 Å². The summed E-state index contributed by atoms with van der Waals surface area (Å²) >= 11 is 0. The van der Waals surface area contributed by atoms with Crippen LogP contribution in [0, 0.1) is 5.92 Å². The highest BCUT2D eigenvalue weighted by atomic mass is 15.3. The fourth-order valence-corrected chi connectivity index (χ4v) is 2.60. The summed E-state index contributed by atoms with van der Waals surface area (Å²) in [6.07, 6.45) is 4.70. The van der Waals surface area contributed by atoms with Crippen LogP contribution >= 0.6 is 0 Å². The molecule has 0 spiro atoms. The number of hydrogen-bond donors (Lipinski definition) is 1. The van der Waals surface area contributed by atoms with E-state index in [1.165, 1.54) is 0 Å². The zero-order valence-electron chi connectivity index (χ0n) is 12.0. The number of nitrogens with zero attached hydrogens (tertiary/aromatic N) is 4. The summed E-state index contributed by atoms with van der Waals surface area (Å²) < 4.78 is 0. The van der Waals surface area contributed by atoms with Crippen LogP contribution in [0.25, 0.3) is 0 Å². The first kappa shape index (κ1) is 14.2. The van der Waals surface area contributed by atoms with E-state index < -0.39 is 0 Å². The first-order valence-electron chi connectivity index (χ1n) is 7.15. The van der Waals surface area contributed by atoms with Gasteiger partial charge in [-0.1, -0.05) is 13.8 Å². The molecule has 1 aromatic heterocycles. The minimum atomic E-state index is 0.291. The van der Waals surface area contributed by atoms with Crippen molar-refractivity contribution in [1.82, 2.24) is 14.9 Å². The Hall–Kier alpha value is -1.20. The molecule has 1 aromatic rings. The van der Waals surface area contributed by atoms with Gasteiger partial charge in [-0.05, 0) is 18.4 Å². The predicted octanol–water partition coefficient (Wildman–Crippen LogP) is 0.972. The lowest BCUT2D eigenvalue weighted by Gasteiger charge is -2.36. The molecule has 5 heteroatoms. The second-order valence-electron chi connectivity index (χ2n) is 5.73. The molecule has 0 amide bonds. The van der Waals surface area contributed by atoms with Crippen LogP contribution in [0.5, 0.6) is 0 Å². The van der Waals surface area contributed by atoms with Crippen LogP contribution in [0.15, 0.2) is 18.5 Å². The minimum absolute atomic E-state index is 0.291. The quantitative estimate of drug-likeness (QED) is 0.858. The Balaban J connectivity index is 1.76. The van der Waals surface area contributed by atoms with Gasteiger partial charge in [0.15, 0.2) is 0 Å². The highest BCUT2D eigenvalue weighted by Crippen LogP contribution is 2.11. The van der Waals surface area contributed by atoms with Gasteiger partial charge in [-0.2, -0.15) is 0 Å². The zero-order chi connectivity index (χ0) is 13.7. The predicted molar refractivity (Wildman–Crippen MR) is 78.1 cm³/mol. The van der Waals surface area contributed by atoms with Gasteiger partial charge in [0.05, 0.1) is 0 Å². The Bertz CT molecular complexity index is 359. The Morgan fingerprint density at radius 1 is 1.16 bits per heavy atom. The van der Waals surface area contributed by atoms with Crippen LogP contribution in [-0.4, -0.2) is 53.6 Å². The molecule has 2 rings (SSSR count). The number of hydrogen-bond acceptors (Lipinski definition) is 5. The first-order valence-corrected chi connectivity index (χ1v) is 7.15. The lowest BCUT2D eigenvalue weighted by atomic mass is 10.0. The Morgan fingerprint density at radius 3 is 2.37 bits per heavy atom. The molecule has 1 aliphatic heterocycles. The number of nitrogens with two attached hydrogens (primary N) is 1. The van der Waals surface area contributed by atoms with Crippen molar-refractivity contribution in [1.29, 1.82) is 0 Å². The molecule has 1 aliphatic rings. The van der Waals surface area contributed by atoms with Crippen molar-refractivity contribution in [2.24, 2.45) is 11.7 Å². The van der Waals surface area contributed by atoms with Crippen molar-refractivity contribution in [3.8, 4) is 0 Å². The summed E-state index contributed by atoms with van der Waals surface area (Å²) in [4.78, 5) is 13.3. The van der Waals surface area contributed by atoms with Gasteiger partial charge in [-0.15, -0.1) is 0 Å². The summed E-state index contributed by atoms with van der Waals surface area (Å²) in [6.45, 7) is 9.52. The molecular formula is C14H25N5. The normalized spacial score (nSPS) is 18.8. The van der Waals surface area contributed by atoms with Gasteiger partial charge in [0, 0.05) is 51.2 Å². The molecule has 106 valence electrons. The van der Waals surface area contributed by atoms with E-state index in [1.807, 2.05) is 6.07 Å². The SMILES string of the molecule is CC(C)CC(N)CN1CCN(c2ncccn2)CC1. The minimum Gasteiger partial charge on any atom is -0.338 e.